The van der Waals surface area contributed by atoms with E-state index in [1.165, 1.54) is 5.56 Å². The number of aliphatic imine (C=N–C) groups is 1. The molecule has 0 fully saturated rings. The summed E-state index contributed by atoms with van der Waals surface area (Å²) in [4.78, 5) is 11.3. The average molecular weight is 520 g/mol. The molecule has 1 N–H and O–H groups in total. The third-order valence-electron chi connectivity index (χ3n) is 4.31. The topological polar surface area (TPSA) is 67.6 Å². The third-order valence-corrected chi connectivity index (χ3v) is 4.31. The molecule has 0 amide bonds. The van der Waals surface area contributed by atoms with Crippen LogP contribution in [-0.2, 0) is 13.1 Å². The van der Waals surface area contributed by atoms with Crippen molar-refractivity contribution in [1.82, 2.24) is 25.0 Å². The predicted molar refractivity (Wildman–Crippen MR) is 131 cm³/mol. The second kappa shape index (κ2) is 12.2. The largest absolute Gasteiger partial charge is 0.494 e. The highest BCUT2D eigenvalue weighted by molar-refractivity contribution is 14.0. The van der Waals surface area contributed by atoms with Gasteiger partial charge in [0.1, 0.15) is 5.75 Å². The van der Waals surface area contributed by atoms with Crippen molar-refractivity contribution in [2.24, 2.45) is 4.99 Å². The van der Waals surface area contributed by atoms with Crippen LogP contribution < -0.4 is 10.1 Å². The molecule has 0 spiro atoms. The lowest BCUT2D eigenvalue weighted by Crippen LogP contribution is -2.38. The van der Waals surface area contributed by atoms with Crippen LogP contribution >= 0.6 is 24.0 Å². The summed E-state index contributed by atoms with van der Waals surface area (Å²) < 4.78 is 7.26. The van der Waals surface area contributed by atoms with Gasteiger partial charge >= 0.3 is 0 Å². The number of halogens is 1. The lowest BCUT2D eigenvalue weighted by molar-refractivity contribution is 0.340. The minimum absolute atomic E-state index is 0. The predicted octanol–water partition coefficient (Wildman–Crippen LogP) is 3.88. The molecular formula is C22H29IN6O. The lowest BCUT2D eigenvalue weighted by Gasteiger charge is -2.22. The molecule has 1 aromatic carbocycles. The lowest BCUT2D eigenvalue weighted by atomic mass is 10.2. The van der Waals surface area contributed by atoms with Crippen molar-refractivity contribution in [3.05, 3.63) is 72.2 Å². The maximum atomic E-state index is 5.51. The van der Waals surface area contributed by atoms with E-state index in [0.717, 1.165) is 36.2 Å². The van der Waals surface area contributed by atoms with Crippen molar-refractivity contribution in [3.63, 3.8) is 0 Å². The molecule has 8 heteroatoms. The first kappa shape index (κ1) is 23.7. The first-order valence-electron chi connectivity index (χ1n) is 9.85. The Morgan fingerprint density at radius 2 is 1.93 bits per heavy atom. The SMILES string of the molecule is CCNC(=NCc1ccnc(-n2cccn2)c1)N(C)Cc1ccc(OCC)cc1.I. The van der Waals surface area contributed by atoms with Gasteiger partial charge in [-0.05, 0) is 55.3 Å². The van der Waals surface area contributed by atoms with Gasteiger partial charge in [-0.3, -0.25) is 0 Å². The minimum atomic E-state index is 0. The molecule has 0 atom stereocenters. The Morgan fingerprint density at radius 3 is 2.60 bits per heavy atom. The maximum absolute atomic E-state index is 5.51. The summed E-state index contributed by atoms with van der Waals surface area (Å²) in [5, 5.41) is 7.60. The van der Waals surface area contributed by atoms with Gasteiger partial charge in [-0.2, -0.15) is 5.10 Å². The van der Waals surface area contributed by atoms with E-state index in [0.29, 0.717) is 13.2 Å². The molecule has 3 rings (SSSR count). The van der Waals surface area contributed by atoms with Crippen molar-refractivity contribution < 1.29 is 4.74 Å². The van der Waals surface area contributed by atoms with Crippen LogP contribution in [0.4, 0.5) is 0 Å². The Kier molecular flexibility index (Phi) is 9.59. The zero-order valence-corrected chi connectivity index (χ0v) is 20.0. The first-order chi connectivity index (χ1) is 14.2. The Morgan fingerprint density at radius 1 is 1.13 bits per heavy atom. The van der Waals surface area contributed by atoms with Crippen LogP contribution in [0.25, 0.3) is 5.82 Å². The van der Waals surface area contributed by atoms with Crippen LogP contribution in [-0.4, -0.2) is 45.8 Å². The summed E-state index contributed by atoms with van der Waals surface area (Å²) in [6, 6.07) is 14.0. The van der Waals surface area contributed by atoms with E-state index in [4.69, 9.17) is 9.73 Å². The number of hydrogen-bond acceptors (Lipinski definition) is 4. The number of nitrogens with zero attached hydrogens (tertiary/aromatic N) is 5. The minimum Gasteiger partial charge on any atom is -0.494 e. The van der Waals surface area contributed by atoms with Crippen molar-refractivity contribution in [2.45, 2.75) is 26.9 Å². The Labute approximate surface area is 195 Å². The normalized spacial score (nSPS) is 11.0. The van der Waals surface area contributed by atoms with E-state index in [-0.39, 0.29) is 24.0 Å². The van der Waals surface area contributed by atoms with Gasteiger partial charge in [0.15, 0.2) is 11.8 Å². The van der Waals surface area contributed by atoms with Crippen LogP contribution in [0.1, 0.15) is 25.0 Å². The fraction of sp³-hybridized carbons (Fsp3) is 0.318. The molecule has 0 aliphatic carbocycles. The van der Waals surface area contributed by atoms with E-state index < -0.39 is 0 Å². The smallest absolute Gasteiger partial charge is 0.194 e. The number of aromatic nitrogens is 3. The third kappa shape index (κ3) is 6.72. The van der Waals surface area contributed by atoms with Crippen LogP contribution in [0, 0.1) is 0 Å². The van der Waals surface area contributed by atoms with Gasteiger partial charge in [0.05, 0.1) is 13.2 Å². The molecular weight excluding hydrogens is 491 g/mol. The molecule has 3 aromatic rings. The Hall–Kier alpha value is -2.62. The van der Waals surface area contributed by atoms with E-state index in [1.54, 1.807) is 17.1 Å². The molecule has 0 unspecified atom stereocenters. The molecule has 0 saturated carbocycles. The number of guanidine groups is 1. The van der Waals surface area contributed by atoms with E-state index in [1.807, 2.05) is 50.5 Å². The number of pyridine rings is 1. The van der Waals surface area contributed by atoms with Gasteiger partial charge < -0.3 is 15.0 Å². The number of hydrogen-bond donors (Lipinski definition) is 1. The molecule has 160 valence electrons. The highest BCUT2D eigenvalue weighted by Crippen LogP contribution is 2.14. The van der Waals surface area contributed by atoms with Gasteiger partial charge in [0, 0.05) is 38.7 Å². The maximum Gasteiger partial charge on any atom is 0.194 e. The molecule has 30 heavy (non-hydrogen) atoms. The summed E-state index contributed by atoms with van der Waals surface area (Å²) in [7, 11) is 2.04. The van der Waals surface area contributed by atoms with E-state index in [9.17, 15) is 0 Å². The molecule has 2 aromatic heterocycles. The van der Waals surface area contributed by atoms with E-state index >= 15 is 0 Å². The molecule has 0 bridgehead atoms. The van der Waals surface area contributed by atoms with Crippen LogP contribution in [0.5, 0.6) is 5.75 Å². The monoisotopic (exact) mass is 520 g/mol. The summed E-state index contributed by atoms with van der Waals surface area (Å²) in [5.41, 5.74) is 2.28. The van der Waals surface area contributed by atoms with Gasteiger partial charge in [-0.15, -0.1) is 24.0 Å². The Bertz CT molecular complexity index is 912. The van der Waals surface area contributed by atoms with Crippen LogP contribution in [0.3, 0.4) is 0 Å². The zero-order valence-electron chi connectivity index (χ0n) is 17.7. The quantitative estimate of drug-likeness (QED) is 0.278. The number of rotatable bonds is 8. The summed E-state index contributed by atoms with van der Waals surface area (Å²) in [6.07, 6.45) is 5.41. The Balaban J connectivity index is 0.00000320. The summed E-state index contributed by atoms with van der Waals surface area (Å²) in [5.74, 6) is 2.54. The van der Waals surface area contributed by atoms with Crippen molar-refractivity contribution in [2.75, 3.05) is 20.2 Å². The molecule has 2 heterocycles. The highest BCUT2D eigenvalue weighted by atomic mass is 127. The molecule has 0 saturated heterocycles. The number of ether oxygens (including phenoxy) is 1. The second-order valence-electron chi connectivity index (χ2n) is 6.58. The van der Waals surface area contributed by atoms with Crippen molar-refractivity contribution in [1.29, 1.82) is 0 Å². The first-order valence-corrected chi connectivity index (χ1v) is 9.85. The molecule has 0 aliphatic rings. The fourth-order valence-electron chi connectivity index (χ4n) is 2.93. The fourth-order valence-corrected chi connectivity index (χ4v) is 2.93. The van der Waals surface area contributed by atoms with Gasteiger partial charge in [0.2, 0.25) is 0 Å². The molecule has 0 radical (unpaired) electrons. The number of benzene rings is 1. The van der Waals surface area contributed by atoms with Crippen molar-refractivity contribution >= 4 is 29.9 Å². The molecule has 7 nitrogen and oxygen atoms in total. The molecule has 0 aliphatic heterocycles. The average Bonchev–Trinajstić information content (AvgIpc) is 3.28. The second-order valence-corrected chi connectivity index (χ2v) is 6.58. The van der Waals surface area contributed by atoms with Gasteiger partial charge in [-0.1, -0.05) is 12.1 Å². The van der Waals surface area contributed by atoms with E-state index in [2.05, 4.69) is 39.4 Å². The van der Waals surface area contributed by atoms with Crippen molar-refractivity contribution in [3.8, 4) is 11.6 Å². The van der Waals surface area contributed by atoms with Gasteiger partial charge in [-0.25, -0.2) is 14.7 Å². The summed E-state index contributed by atoms with van der Waals surface area (Å²) in [6.45, 7) is 6.86. The number of nitrogens with one attached hydrogen (secondary N) is 1. The zero-order chi connectivity index (χ0) is 20.5. The standard InChI is InChI=1S/C22H28N6O.HI/c1-4-23-22(27(3)17-18-7-9-20(10-8-18)29-5-2)25-16-19-11-13-24-21(15-19)28-14-6-12-26-28;/h6-15H,4-5,16-17H2,1-3H3,(H,23,25);1H. The van der Waals surface area contributed by atoms with Crippen LogP contribution in [0.15, 0.2) is 66.0 Å². The van der Waals surface area contributed by atoms with Gasteiger partial charge in [0.25, 0.3) is 0 Å². The summed E-state index contributed by atoms with van der Waals surface area (Å²) >= 11 is 0. The van der Waals surface area contributed by atoms with Crippen LogP contribution in [0.2, 0.25) is 0 Å². The highest BCUT2D eigenvalue weighted by Gasteiger charge is 2.07.